The van der Waals surface area contributed by atoms with Crippen molar-refractivity contribution in [1.82, 2.24) is 10.2 Å². The van der Waals surface area contributed by atoms with E-state index in [0.717, 1.165) is 13.1 Å². The van der Waals surface area contributed by atoms with Crippen LogP contribution in [0.25, 0.3) is 0 Å². The van der Waals surface area contributed by atoms with Gasteiger partial charge < -0.3 is 20.5 Å². The molecular formula is C14H21N3O3. The van der Waals surface area contributed by atoms with Crippen molar-refractivity contribution in [2.75, 3.05) is 39.9 Å². The molecule has 110 valence electrons. The van der Waals surface area contributed by atoms with Gasteiger partial charge in [0, 0.05) is 26.2 Å². The third kappa shape index (κ3) is 3.61. The second-order valence-corrected chi connectivity index (χ2v) is 4.66. The van der Waals surface area contributed by atoms with Crippen LogP contribution in [0.15, 0.2) is 24.3 Å². The fourth-order valence-electron chi connectivity index (χ4n) is 2.31. The van der Waals surface area contributed by atoms with E-state index in [1.807, 2.05) is 29.2 Å². The molecule has 0 bridgehead atoms. The van der Waals surface area contributed by atoms with Crippen LogP contribution in [0.1, 0.15) is 0 Å². The van der Waals surface area contributed by atoms with Crippen molar-refractivity contribution in [3.05, 3.63) is 24.3 Å². The van der Waals surface area contributed by atoms with E-state index in [-0.39, 0.29) is 11.9 Å². The predicted molar refractivity (Wildman–Crippen MR) is 75.9 cm³/mol. The first kappa shape index (κ1) is 14.6. The first-order chi connectivity index (χ1) is 9.72. The number of para-hydroxylation sites is 2. The molecule has 0 aliphatic carbocycles. The summed E-state index contributed by atoms with van der Waals surface area (Å²) in [7, 11) is 1.61. The van der Waals surface area contributed by atoms with Gasteiger partial charge in [0.05, 0.1) is 7.11 Å². The molecule has 6 nitrogen and oxygen atoms in total. The van der Waals surface area contributed by atoms with Gasteiger partial charge in [-0.1, -0.05) is 12.1 Å². The minimum Gasteiger partial charge on any atom is -0.493 e. The minimum atomic E-state index is -0.297. The van der Waals surface area contributed by atoms with Crippen molar-refractivity contribution >= 4 is 5.91 Å². The first-order valence-electron chi connectivity index (χ1n) is 6.72. The Balaban J connectivity index is 1.86. The summed E-state index contributed by atoms with van der Waals surface area (Å²) in [4.78, 5) is 13.4. The summed E-state index contributed by atoms with van der Waals surface area (Å²) in [6.07, 6.45) is 0. The average Bonchev–Trinajstić information content (AvgIpc) is 2.48. The molecule has 2 rings (SSSR count). The molecule has 1 heterocycles. The lowest BCUT2D eigenvalue weighted by molar-refractivity contribution is -0.123. The summed E-state index contributed by atoms with van der Waals surface area (Å²) in [6, 6.07) is 7.25. The van der Waals surface area contributed by atoms with Gasteiger partial charge in [0.25, 0.3) is 0 Å². The summed E-state index contributed by atoms with van der Waals surface area (Å²) in [6.45, 7) is 3.41. The van der Waals surface area contributed by atoms with Crippen molar-refractivity contribution in [1.29, 1.82) is 0 Å². The van der Waals surface area contributed by atoms with Gasteiger partial charge in [0.2, 0.25) is 5.91 Å². The molecule has 1 amide bonds. The lowest BCUT2D eigenvalue weighted by atomic mass is 10.2. The largest absolute Gasteiger partial charge is 0.493 e. The number of hydrogen-bond donors (Lipinski definition) is 2. The SMILES string of the molecule is COc1ccccc1OCCN1CCNCC1C(N)=O. The van der Waals surface area contributed by atoms with Crippen molar-refractivity contribution in [3.8, 4) is 11.5 Å². The van der Waals surface area contributed by atoms with E-state index < -0.39 is 0 Å². The number of primary amides is 1. The maximum absolute atomic E-state index is 11.4. The third-order valence-corrected chi connectivity index (χ3v) is 3.39. The molecule has 0 aromatic heterocycles. The molecule has 1 saturated heterocycles. The molecule has 20 heavy (non-hydrogen) atoms. The van der Waals surface area contributed by atoms with Gasteiger partial charge in [-0.25, -0.2) is 0 Å². The summed E-state index contributed by atoms with van der Waals surface area (Å²) in [5.41, 5.74) is 5.40. The lowest BCUT2D eigenvalue weighted by Crippen LogP contribution is -2.57. The van der Waals surface area contributed by atoms with Crippen LogP contribution < -0.4 is 20.5 Å². The number of methoxy groups -OCH3 is 1. The Kier molecular flexibility index (Phi) is 5.20. The first-order valence-corrected chi connectivity index (χ1v) is 6.72. The molecule has 1 atom stereocenters. The molecule has 1 aromatic rings. The van der Waals surface area contributed by atoms with Crippen LogP contribution in [0.4, 0.5) is 0 Å². The highest BCUT2D eigenvalue weighted by molar-refractivity contribution is 5.80. The maximum Gasteiger partial charge on any atom is 0.236 e. The van der Waals surface area contributed by atoms with Crippen LogP contribution in [0.5, 0.6) is 11.5 Å². The number of nitrogens with two attached hydrogens (primary N) is 1. The second-order valence-electron chi connectivity index (χ2n) is 4.66. The lowest BCUT2D eigenvalue weighted by Gasteiger charge is -2.33. The number of nitrogens with one attached hydrogen (secondary N) is 1. The highest BCUT2D eigenvalue weighted by atomic mass is 16.5. The van der Waals surface area contributed by atoms with E-state index in [4.69, 9.17) is 15.2 Å². The predicted octanol–water partition coefficient (Wildman–Crippen LogP) is -0.167. The molecule has 1 aliphatic heterocycles. The number of piperazine rings is 1. The van der Waals surface area contributed by atoms with Gasteiger partial charge >= 0.3 is 0 Å². The highest BCUT2D eigenvalue weighted by Crippen LogP contribution is 2.25. The molecule has 0 saturated carbocycles. The number of carbonyl (C=O) groups is 1. The number of nitrogens with zero attached hydrogens (tertiary/aromatic N) is 1. The van der Waals surface area contributed by atoms with Crippen molar-refractivity contribution in [2.24, 2.45) is 5.73 Å². The monoisotopic (exact) mass is 279 g/mol. The summed E-state index contributed by atoms with van der Waals surface area (Å²) < 4.78 is 10.9. The zero-order chi connectivity index (χ0) is 14.4. The molecular weight excluding hydrogens is 258 g/mol. The van der Waals surface area contributed by atoms with Gasteiger partial charge in [-0.15, -0.1) is 0 Å². The van der Waals surface area contributed by atoms with Gasteiger partial charge in [0.15, 0.2) is 11.5 Å². The number of ether oxygens (including phenoxy) is 2. The van der Waals surface area contributed by atoms with E-state index in [1.54, 1.807) is 7.11 Å². The molecule has 1 aliphatic rings. The van der Waals surface area contributed by atoms with Gasteiger partial charge in [-0.2, -0.15) is 0 Å². The topological polar surface area (TPSA) is 76.8 Å². The standard InChI is InChI=1S/C14H21N3O3/c1-19-12-4-2-3-5-13(12)20-9-8-17-7-6-16-10-11(17)14(15)18/h2-5,11,16H,6-10H2,1H3,(H2,15,18). The summed E-state index contributed by atoms with van der Waals surface area (Å²) in [5, 5.41) is 3.17. The Morgan fingerprint density at radius 2 is 2.20 bits per heavy atom. The fourth-order valence-corrected chi connectivity index (χ4v) is 2.31. The van der Waals surface area contributed by atoms with Gasteiger partial charge in [-0.3, -0.25) is 9.69 Å². The van der Waals surface area contributed by atoms with E-state index >= 15 is 0 Å². The maximum atomic E-state index is 11.4. The smallest absolute Gasteiger partial charge is 0.236 e. The molecule has 0 radical (unpaired) electrons. The Labute approximate surface area is 118 Å². The van der Waals surface area contributed by atoms with Crippen molar-refractivity contribution in [2.45, 2.75) is 6.04 Å². The Morgan fingerprint density at radius 3 is 2.90 bits per heavy atom. The number of carbonyl (C=O) groups excluding carboxylic acids is 1. The quantitative estimate of drug-likeness (QED) is 0.756. The van der Waals surface area contributed by atoms with E-state index in [0.29, 0.717) is 31.2 Å². The zero-order valence-corrected chi connectivity index (χ0v) is 11.7. The Bertz CT molecular complexity index is 453. The molecule has 1 aromatic carbocycles. The summed E-state index contributed by atoms with van der Waals surface area (Å²) in [5.74, 6) is 1.12. The molecule has 1 unspecified atom stereocenters. The number of benzene rings is 1. The van der Waals surface area contributed by atoms with E-state index in [2.05, 4.69) is 5.32 Å². The zero-order valence-electron chi connectivity index (χ0n) is 11.7. The van der Waals surface area contributed by atoms with Gasteiger partial charge in [0.1, 0.15) is 12.6 Å². The molecule has 0 spiro atoms. The van der Waals surface area contributed by atoms with E-state index in [1.165, 1.54) is 0 Å². The number of amides is 1. The van der Waals surface area contributed by atoms with Gasteiger partial charge in [-0.05, 0) is 12.1 Å². The summed E-state index contributed by atoms with van der Waals surface area (Å²) >= 11 is 0. The van der Waals surface area contributed by atoms with E-state index in [9.17, 15) is 4.79 Å². The number of hydrogen-bond acceptors (Lipinski definition) is 5. The highest BCUT2D eigenvalue weighted by Gasteiger charge is 2.26. The van der Waals surface area contributed by atoms with Crippen LogP contribution in [0.2, 0.25) is 0 Å². The molecule has 6 heteroatoms. The molecule has 3 N–H and O–H groups in total. The number of rotatable bonds is 6. The van der Waals surface area contributed by atoms with Crippen LogP contribution in [0.3, 0.4) is 0 Å². The third-order valence-electron chi connectivity index (χ3n) is 3.39. The van der Waals surface area contributed by atoms with Crippen LogP contribution in [-0.4, -0.2) is 56.7 Å². The van der Waals surface area contributed by atoms with Crippen molar-refractivity contribution < 1.29 is 14.3 Å². The molecule has 1 fully saturated rings. The van der Waals surface area contributed by atoms with Crippen molar-refractivity contribution in [3.63, 3.8) is 0 Å². The second kappa shape index (κ2) is 7.12. The normalized spacial score (nSPS) is 19.6. The Morgan fingerprint density at radius 1 is 1.45 bits per heavy atom. The van der Waals surface area contributed by atoms with Crippen LogP contribution >= 0.6 is 0 Å². The fraction of sp³-hybridized carbons (Fsp3) is 0.500. The average molecular weight is 279 g/mol. The van der Waals surface area contributed by atoms with Crippen LogP contribution in [-0.2, 0) is 4.79 Å². The van der Waals surface area contributed by atoms with Crippen LogP contribution in [0, 0.1) is 0 Å². The Hall–Kier alpha value is -1.79. The minimum absolute atomic E-state index is 0.259.